The molecule has 3 aliphatic rings. The minimum absolute atomic E-state index is 0.0201. The van der Waals surface area contributed by atoms with Crippen LogP contribution in [0.4, 0.5) is 4.79 Å². The van der Waals surface area contributed by atoms with Crippen LogP contribution in [0.15, 0.2) is 83.7 Å². The highest BCUT2D eigenvalue weighted by Crippen LogP contribution is 2.31. The van der Waals surface area contributed by atoms with Crippen LogP contribution in [-0.4, -0.2) is 71.6 Å². The quantitative estimate of drug-likeness (QED) is 0.108. The number of carbonyl (C=O) groups is 1. The summed E-state index contributed by atoms with van der Waals surface area (Å²) in [5.74, 6) is 1.19. The van der Waals surface area contributed by atoms with Gasteiger partial charge in [-0.05, 0) is 92.2 Å². The van der Waals surface area contributed by atoms with Crippen molar-refractivity contribution in [1.82, 2.24) is 20.5 Å². The molecule has 4 aromatic rings. The van der Waals surface area contributed by atoms with Gasteiger partial charge in [0.2, 0.25) is 5.56 Å². The van der Waals surface area contributed by atoms with Crippen LogP contribution in [0.5, 0.6) is 11.5 Å². The lowest BCUT2D eigenvalue weighted by molar-refractivity contribution is -0.0336. The first kappa shape index (κ1) is 33.5. The summed E-state index contributed by atoms with van der Waals surface area (Å²) < 4.78 is 12.1. The number of pyridine rings is 1. The number of unbranched alkanes of at least 4 members (excludes halogenated alkanes) is 3. The van der Waals surface area contributed by atoms with Gasteiger partial charge in [0.1, 0.15) is 17.6 Å². The van der Waals surface area contributed by atoms with Gasteiger partial charge in [0, 0.05) is 24.5 Å². The number of hydrogen-bond acceptors (Lipinski definition) is 8. The Morgan fingerprint density at radius 2 is 1.73 bits per heavy atom. The van der Waals surface area contributed by atoms with Crippen molar-refractivity contribution in [2.24, 2.45) is 5.92 Å². The molecular formula is C38H46N4O6. The number of benzene rings is 3. The summed E-state index contributed by atoms with van der Waals surface area (Å²) in [6.45, 7) is 4.75. The fourth-order valence-electron chi connectivity index (χ4n) is 6.92. The lowest BCUT2D eigenvalue weighted by Crippen LogP contribution is -2.52. The lowest BCUT2D eigenvalue weighted by Gasteiger charge is -2.43. The summed E-state index contributed by atoms with van der Waals surface area (Å²) in [6.07, 6.45) is 4.89. The Labute approximate surface area is 281 Å². The van der Waals surface area contributed by atoms with E-state index >= 15 is 0 Å². The van der Waals surface area contributed by atoms with E-state index in [9.17, 15) is 19.8 Å². The number of H-pyrrole nitrogens is 1. The van der Waals surface area contributed by atoms with Crippen LogP contribution >= 0.6 is 0 Å². The summed E-state index contributed by atoms with van der Waals surface area (Å²) in [5.41, 5.74) is 2.60. The fourth-order valence-corrected chi connectivity index (χ4v) is 6.92. The summed E-state index contributed by atoms with van der Waals surface area (Å²) in [5, 5.41) is 27.9. The van der Waals surface area contributed by atoms with Crippen LogP contribution in [0, 0.1) is 5.92 Å². The molecule has 10 nitrogen and oxygen atoms in total. The predicted octanol–water partition coefficient (Wildman–Crippen LogP) is 5.41. The number of aromatic nitrogens is 1. The van der Waals surface area contributed by atoms with E-state index in [-0.39, 0.29) is 29.5 Å². The maximum atomic E-state index is 13.1. The topological polar surface area (TPSA) is 136 Å². The number of carbonyl (C=O) groups excluding carboxylic acids is 1. The highest BCUT2D eigenvalue weighted by molar-refractivity contribution is 5.87. The molecule has 5 N–H and O–H groups in total. The molecule has 3 saturated heterocycles. The minimum atomic E-state index is -0.768. The first-order valence-electron chi connectivity index (χ1n) is 17.2. The number of phenols is 1. The largest absolute Gasteiger partial charge is 0.506 e. The van der Waals surface area contributed by atoms with Crippen molar-refractivity contribution < 1.29 is 24.5 Å². The molecule has 3 fully saturated rings. The van der Waals surface area contributed by atoms with Gasteiger partial charge in [-0.3, -0.25) is 9.69 Å². The molecule has 0 spiro atoms. The molecule has 0 radical (unpaired) electrons. The average molecular weight is 655 g/mol. The van der Waals surface area contributed by atoms with Crippen LogP contribution in [0.25, 0.3) is 10.9 Å². The van der Waals surface area contributed by atoms with Crippen molar-refractivity contribution >= 4 is 17.0 Å². The second-order valence-corrected chi connectivity index (χ2v) is 12.9. The molecule has 0 saturated carbocycles. The second-order valence-electron chi connectivity index (χ2n) is 12.9. The zero-order valence-electron chi connectivity index (χ0n) is 27.3. The van der Waals surface area contributed by atoms with E-state index in [0.29, 0.717) is 35.5 Å². The number of amides is 1. The van der Waals surface area contributed by atoms with Crippen molar-refractivity contribution in [3.8, 4) is 11.5 Å². The Balaban J connectivity index is 0.927. The molecule has 2 bridgehead atoms. The number of piperidine rings is 3. The third-order valence-electron chi connectivity index (χ3n) is 9.56. The van der Waals surface area contributed by atoms with Gasteiger partial charge < -0.3 is 35.3 Å². The third-order valence-corrected chi connectivity index (χ3v) is 9.56. The molecule has 4 heterocycles. The van der Waals surface area contributed by atoms with E-state index in [2.05, 4.69) is 20.5 Å². The van der Waals surface area contributed by atoms with E-state index in [1.54, 1.807) is 12.1 Å². The van der Waals surface area contributed by atoms with Gasteiger partial charge in [-0.15, -0.1) is 0 Å². The van der Waals surface area contributed by atoms with Gasteiger partial charge in [-0.25, -0.2) is 4.79 Å². The summed E-state index contributed by atoms with van der Waals surface area (Å²) in [6, 6.07) is 23.7. The number of aromatic amines is 1. The Kier molecular flexibility index (Phi) is 11.3. The Morgan fingerprint density at radius 1 is 0.938 bits per heavy atom. The van der Waals surface area contributed by atoms with Gasteiger partial charge in [-0.2, -0.15) is 0 Å². The molecule has 0 aliphatic carbocycles. The van der Waals surface area contributed by atoms with Crippen molar-refractivity contribution in [3.05, 3.63) is 106 Å². The monoisotopic (exact) mass is 654 g/mol. The van der Waals surface area contributed by atoms with Crippen LogP contribution in [0.3, 0.4) is 0 Å². The van der Waals surface area contributed by atoms with Crippen LogP contribution in [-0.2, 0) is 4.74 Å². The molecule has 3 aromatic carbocycles. The fraction of sp³-hybridized carbons (Fsp3) is 0.421. The number of alkyl carbamates (subject to hydrolysis) is 1. The Bertz CT molecular complexity index is 1700. The molecule has 0 unspecified atom stereocenters. The van der Waals surface area contributed by atoms with E-state index in [0.717, 1.165) is 81.6 Å². The van der Waals surface area contributed by atoms with E-state index in [4.69, 9.17) is 9.47 Å². The standard InChI is InChI=1S/C38H46N4O6/c43-32-15-13-30(31-14-16-35(45)40-37(31)32)33(44)24-39-19-6-1-2-7-22-47-29-12-8-11-28(23-29)36(27-9-4-3-5-10-27)41-38(46)48-34-25-42-20-17-26(34)18-21-42/h3-5,8-16,23,26,33-34,36,39,43-44H,1-2,6-7,17-22,24-25H2,(H,40,45)(H,41,46)/t33-,34-,36-/m0/s1. The third kappa shape index (κ3) is 8.55. The smallest absolute Gasteiger partial charge is 0.408 e. The van der Waals surface area contributed by atoms with Crippen LogP contribution in [0.2, 0.25) is 0 Å². The van der Waals surface area contributed by atoms with Gasteiger partial charge in [0.25, 0.3) is 0 Å². The van der Waals surface area contributed by atoms with Gasteiger partial charge in [0.15, 0.2) is 0 Å². The highest BCUT2D eigenvalue weighted by atomic mass is 16.6. The number of phenolic OH excluding ortho intramolecular Hbond substituents is 1. The number of hydrogen-bond donors (Lipinski definition) is 5. The Hall–Kier alpha value is -4.38. The first-order valence-corrected chi connectivity index (χ1v) is 17.2. The summed E-state index contributed by atoms with van der Waals surface area (Å²) in [7, 11) is 0. The maximum absolute atomic E-state index is 13.1. The number of ether oxygens (including phenoxy) is 2. The number of fused-ring (bicyclic) bond motifs is 4. The number of aliphatic hydroxyl groups excluding tert-OH is 1. The normalized spacial score (nSPS) is 19.9. The number of rotatable bonds is 15. The molecule has 3 atom stereocenters. The number of aromatic hydroxyl groups is 1. The summed E-state index contributed by atoms with van der Waals surface area (Å²) >= 11 is 0. The van der Waals surface area contributed by atoms with Gasteiger partial charge >= 0.3 is 6.09 Å². The predicted molar refractivity (Wildman–Crippen MR) is 185 cm³/mol. The second kappa shape index (κ2) is 16.1. The molecule has 1 amide bonds. The first-order chi connectivity index (χ1) is 23.4. The molecule has 7 rings (SSSR count). The highest BCUT2D eigenvalue weighted by Gasteiger charge is 2.37. The zero-order chi connectivity index (χ0) is 33.3. The molecule has 3 aliphatic heterocycles. The van der Waals surface area contributed by atoms with Gasteiger partial charge in [0.05, 0.1) is 24.3 Å². The van der Waals surface area contributed by atoms with E-state index in [1.807, 2.05) is 54.6 Å². The lowest BCUT2D eigenvalue weighted by atomic mass is 9.86. The minimum Gasteiger partial charge on any atom is -0.506 e. The Morgan fingerprint density at radius 3 is 2.52 bits per heavy atom. The van der Waals surface area contributed by atoms with Crippen LogP contribution in [0.1, 0.15) is 67.4 Å². The van der Waals surface area contributed by atoms with Crippen molar-refractivity contribution in [2.75, 3.05) is 39.3 Å². The van der Waals surface area contributed by atoms with E-state index < -0.39 is 6.10 Å². The molecular weight excluding hydrogens is 608 g/mol. The molecule has 254 valence electrons. The maximum Gasteiger partial charge on any atom is 0.408 e. The number of aliphatic hydroxyl groups is 1. The van der Waals surface area contributed by atoms with E-state index in [1.165, 1.54) is 12.1 Å². The van der Waals surface area contributed by atoms with Crippen LogP contribution < -0.4 is 20.9 Å². The van der Waals surface area contributed by atoms with Gasteiger partial charge in [-0.1, -0.05) is 61.4 Å². The number of nitrogens with one attached hydrogen (secondary N) is 3. The average Bonchev–Trinajstić information content (AvgIpc) is 3.11. The molecule has 48 heavy (non-hydrogen) atoms. The zero-order valence-corrected chi connectivity index (χ0v) is 27.3. The van der Waals surface area contributed by atoms with Crippen molar-refractivity contribution in [3.63, 3.8) is 0 Å². The molecule has 10 heteroatoms. The van der Waals surface area contributed by atoms with Crippen molar-refractivity contribution in [1.29, 1.82) is 0 Å². The number of nitrogens with zero attached hydrogens (tertiary/aromatic N) is 1. The SMILES string of the molecule is O=C(N[C@@H](c1ccccc1)c1cccc(OCCCCCCNC[C@H](O)c2ccc(O)c3[nH]c(=O)ccc23)c1)O[C@H]1CN2CCC1CC2. The molecule has 1 aromatic heterocycles. The summed E-state index contributed by atoms with van der Waals surface area (Å²) in [4.78, 5) is 29.8. The van der Waals surface area contributed by atoms with Crippen molar-refractivity contribution in [2.45, 2.75) is 56.8 Å².